The summed E-state index contributed by atoms with van der Waals surface area (Å²) in [4.78, 5) is 23.3. The molecular weight excluding hydrogens is 406 g/mol. The number of benzene rings is 1. The first kappa shape index (κ1) is 21.2. The van der Waals surface area contributed by atoms with Gasteiger partial charge in [-0.1, -0.05) is 29.4 Å². The van der Waals surface area contributed by atoms with E-state index in [0.717, 1.165) is 33.6 Å². The Morgan fingerprint density at radius 3 is 2.50 bits per heavy atom. The van der Waals surface area contributed by atoms with Crippen molar-refractivity contribution in [2.75, 3.05) is 19.0 Å². The molecule has 0 spiro atoms. The highest BCUT2D eigenvalue weighted by atomic mass is 16.5. The highest BCUT2D eigenvalue weighted by molar-refractivity contribution is 5.92. The molecule has 4 aromatic rings. The maximum Gasteiger partial charge on any atom is 0.272 e. The Hall–Kier alpha value is -4.01. The number of rotatable bonds is 6. The van der Waals surface area contributed by atoms with E-state index >= 15 is 0 Å². The Bertz CT molecular complexity index is 1260. The summed E-state index contributed by atoms with van der Waals surface area (Å²) in [7, 11) is 5.58. The molecule has 4 rings (SSSR count). The van der Waals surface area contributed by atoms with Crippen molar-refractivity contribution in [3.05, 3.63) is 65.2 Å². The van der Waals surface area contributed by atoms with Crippen molar-refractivity contribution in [1.29, 1.82) is 0 Å². The number of carbonyl (C=O) groups is 1. The summed E-state index contributed by atoms with van der Waals surface area (Å²) < 4.78 is 7.18. The summed E-state index contributed by atoms with van der Waals surface area (Å²) in [5, 5.41) is 11.1. The molecule has 3 heterocycles. The van der Waals surface area contributed by atoms with Crippen LogP contribution in [0, 0.1) is 13.8 Å². The van der Waals surface area contributed by atoms with Crippen LogP contribution in [0.4, 0.5) is 5.95 Å². The smallest absolute Gasteiger partial charge is 0.272 e. The molecule has 0 aliphatic carbocycles. The van der Waals surface area contributed by atoms with Gasteiger partial charge in [0.1, 0.15) is 5.69 Å². The molecular formula is C23H25N7O2. The van der Waals surface area contributed by atoms with E-state index in [0.29, 0.717) is 23.9 Å². The summed E-state index contributed by atoms with van der Waals surface area (Å²) in [5.41, 5.74) is 5.61. The maximum absolute atomic E-state index is 12.2. The minimum atomic E-state index is -0.209. The van der Waals surface area contributed by atoms with Crippen LogP contribution >= 0.6 is 0 Å². The van der Waals surface area contributed by atoms with E-state index in [9.17, 15) is 4.79 Å². The van der Waals surface area contributed by atoms with Crippen molar-refractivity contribution in [3.63, 3.8) is 0 Å². The molecule has 1 aromatic carbocycles. The van der Waals surface area contributed by atoms with Gasteiger partial charge in [0, 0.05) is 51.2 Å². The Balaban J connectivity index is 1.60. The Morgan fingerprint density at radius 1 is 1.16 bits per heavy atom. The van der Waals surface area contributed by atoms with Gasteiger partial charge in [0.15, 0.2) is 5.76 Å². The van der Waals surface area contributed by atoms with Gasteiger partial charge in [-0.2, -0.15) is 5.10 Å². The Kier molecular flexibility index (Phi) is 5.72. The van der Waals surface area contributed by atoms with Crippen LogP contribution in [0.3, 0.4) is 0 Å². The van der Waals surface area contributed by atoms with Crippen LogP contribution in [0.2, 0.25) is 0 Å². The molecule has 0 saturated carbocycles. The zero-order valence-electron chi connectivity index (χ0n) is 18.7. The Morgan fingerprint density at radius 2 is 1.91 bits per heavy atom. The van der Waals surface area contributed by atoms with Crippen molar-refractivity contribution in [3.8, 4) is 22.6 Å². The molecule has 0 fully saturated rings. The third-order valence-corrected chi connectivity index (χ3v) is 5.20. The van der Waals surface area contributed by atoms with Crippen molar-refractivity contribution >= 4 is 11.9 Å². The van der Waals surface area contributed by atoms with Crippen molar-refractivity contribution < 1.29 is 9.32 Å². The van der Waals surface area contributed by atoms with E-state index < -0.39 is 0 Å². The summed E-state index contributed by atoms with van der Waals surface area (Å²) in [5.74, 6) is 1.05. The van der Waals surface area contributed by atoms with Gasteiger partial charge >= 0.3 is 0 Å². The van der Waals surface area contributed by atoms with Gasteiger partial charge in [-0.25, -0.2) is 9.97 Å². The monoisotopic (exact) mass is 431 g/mol. The average molecular weight is 432 g/mol. The van der Waals surface area contributed by atoms with E-state index in [-0.39, 0.29) is 5.91 Å². The quantitative estimate of drug-likeness (QED) is 0.500. The molecule has 0 unspecified atom stereocenters. The van der Waals surface area contributed by atoms with Crippen molar-refractivity contribution in [2.24, 2.45) is 7.05 Å². The predicted molar refractivity (Wildman–Crippen MR) is 121 cm³/mol. The molecule has 0 saturated heterocycles. The zero-order valence-corrected chi connectivity index (χ0v) is 18.7. The summed E-state index contributed by atoms with van der Waals surface area (Å²) in [6.07, 6.45) is 3.51. The van der Waals surface area contributed by atoms with E-state index in [1.54, 1.807) is 30.2 Å². The topological polar surface area (TPSA) is 102 Å². The number of anilines is 1. The number of hydrogen-bond donors (Lipinski definition) is 1. The van der Waals surface area contributed by atoms with Crippen LogP contribution in [-0.2, 0) is 13.6 Å². The van der Waals surface area contributed by atoms with Crippen molar-refractivity contribution in [1.82, 2.24) is 30.2 Å². The summed E-state index contributed by atoms with van der Waals surface area (Å²) >= 11 is 0. The largest absolute Gasteiger partial charge is 0.356 e. The minimum absolute atomic E-state index is 0.209. The van der Waals surface area contributed by atoms with Gasteiger partial charge in [0.05, 0.1) is 17.0 Å². The second kappa shape index (κ2) is 8.62. The molecule has 0 bridgehead atoms. The first-order valence-electron chi connectivity index (χ1n) is 10.2. The fourth-order valence-electron chi connectivity index (χ4n) is 3.23. The fourth-order valence-corrected chi connectivity index (χ4v) is 3.23. The fraction of sp³-hybridized carbons (Fsp3) is 0.261. The van der Waals surface area contributed by atoms with Gasteiger partial charge in [-0.05, 0) is 25.5 Å². The molecule has 0 radical (unpaired) electrons. The normalized spacial score (nSPS) is 10.9. The molecule has 164 valence electrons. The first-order valence-corrected chi connectivity index (χ1v) is 10.2. The van der Waals surface area contributed by atoms with Crippen LogP contribution in [0.1, 0.15) is 27.3 Å². The highest BCUT2D eigenvalue weighted by Crippen LogP contribution is 2.34. The lowest BCUT2D eigenvalue weighted by Gasteiger charge is -2.14. The summed E-state index contributed by atoms with van der Waals surface area (Å²) in [6, 6.07) is 9.57. The lowest BCUT2D eigenvalue weighted by Crippen LogP contribution is -2.23. The lowest BCUT2D eigenvalue weighted by atomic mass is 10.0. The van der Waals surface area contributed by atoms with Crippen molar-refractivity contribution in [2.45, 2.75) is 20.4 Å². The van der Waals surface area contributed by atoms with Gasteiger partial charge in [-0.3, -0.25) is 9.48 Å². The number of aromatic nitrogens is 5. The molecule has 0 atom stereocenters. The first-order chi connectivity index (χ1) is 15.3. The van der Waals surface area contributed by atoms with E-state index in [4.69, 9.17) is 9.51 Å². The van der Waals surface area contributed by atoms with Crippen LogP contribution < -0.4 is 10.2 Å². The second-order valence-electron chi connectivity index (χ2n) is 7.80. The molecule has 3 aromatic heterocycles. The van der Waals surface area contributed by atoms with Gasteiger partial charge in [0.25, 0.3) is 5.91 Å². The van der Waals surface area contributed by atoms with Gasteiger partial charge < -0.3 is 14.7 Å². The number of nitrogens with one attached hydrogen (secondary N) is 1. The second-order valence-corrected chi connectivity index (χ2v) is 7.80. The van der Waals surface area contributed by atoms with Crippen LogP contribution in [0.25, 0.3) is 22.6 Å². The minimum Gasteiger partial charge on any atom is -0.356 e. The Labute approximate surface area is 186 Å². The van der Waals surface area contributed by atoms with E-state index in [2.05, 4.69) is 20.6 Å². The predicted octanol–water partition coefficient (Wildman–Crippen LogP) is 3.14. The highest BCUT2D eigenvalue weighted by Gasteiger charge is 2.19. The summed E-state index contributed by atoms with van der Waals surface area (Å²) in [6.45, 7) is 4.28. The molecule has 32 heavy (non-hydrogen) atoms. The standard InChI is InChI=1S/C23H25N7O2/c1-14-15(2)28-32-21(14)18-13-25-23(29(3)4)26-20(18)17-8-6-16(7-9-17)12-24-22(31)19-10-11-30(5)27-19/h6-11,13H,12H2,1-5H3,(H,24,31). The number of nitrogens with zero attached hydrogens (tertiary/aromatic N) is 6. The zero-order chi connectivity index (χ0) is 22.8. The molecule has 9 nitrogen and oxygen atoms in total. The number of aryl methyl sites for hydroxylation is 2. The third kappa shape index (κ3) is 4.22. The number of amides is 1. The van der Waals surface area contributed by atoms with Crippen LogP contribution in [0.5, 0.6) is 0 Å². The molecule has 0 aliphatic heterocycles. The SMILES string of the molecule is Cc1noc(-c2cnc(N(C)C)nc2-c2ccc(CNC(=O)c3ccn(C)n3)cc2)c1C. The van der Waals surface area contributed by atoms with Crippen LogP contribution in [0.15, 0.2) is 47.2 Å². The van der Waals surface area contributed by atoms with Gasteiger partial charge in [-0.15, -0.1) is 0 Å². The van der Waals surface area contributed by atoms with Gasteiger partial charge in [0.2, 0.25) is 5.95 Å². The maximum atomic E-state index is 12.2. The third-order valence-electron chi connectivity index (χ3n) is 5.20. The molecule has 0 aliphatic rings. The molecule has 1 amide bonds. The van der Waals surface area contributed by atoms with Crippen LogP contribution in [-0.4, -0.2) is 44.9 Å². The number of carbonyl (C=O) groups excluding carboxylic acids is 1. The number of hydrogen-bond acceptors (Lipinski definition) is 7. The molecule has 1 N–H and O–H groups in total. The molecule has 9 heteroatoms. The van der Waals surface area contributed by atoms with E-state index in [1.807, 2.05) is 57.1 Å². The lowest BCUT2D eigenvalue weighted by molar-refractivity contribution is 0.0945. The van der Waals surface area contributed by atoms with E-state index in [1.165, 1.54) is 0 Å². The average Bonchev–Trinajstić information content (AvgIpc) is 3.37.